The lowest BCUT2D eigenvalue weighted by molar-refractivity contribution is -0.0433. The molecule has 2 N–H and O–H groups in total. The van der Waals surface area contributed by atoms with Crippen LogP contribution in [-0.2, 0) is 9.47 Å². The predicted octanol–water partition coefficient (Wildman–Crippen LogP) is 4.65. The van der Waals surface area contributed by atoms with Crippen molar-refractivity contribution in [2.24, 2.45) is 0 Å². The minimum absolute atomic E-state index is 0.0116. The smallest absolute Gasteiger partial charge is 0.410 e. The van der Waals surface area contributed by atoms with Gasteiger partial charge in [-0.1, -0.05) is 12.1 Å². The Bertz CT molecular complexity index is 1050. The van der Waals surface area contributed by atoms with E-state index in [-0.39, 0.29) is 12.2 Å². The van der Waals surface area contributed by atoms with Gasteiger partial charge in [0.05, 0.1) is 30.5 Å². The van der Waals surface area contributed by atoms with Gasteiger partial charge in [-0.25, -0.2) is 14.0 Å². The molecule has 1 aliphatic rings. The van der Waals surface area contributed by atoms with E-state index in [4.69, 9.17) is 14.7 Å². The summed E-state index contributed by atoms with van der Waals surface area (Å²) in [7, 11) is 0. The minimum Gasteiger partial charge on any atom is -0.444 e. The zero-order valence-electron chi connectivity index (χ0n) is 18.1. The largest absolute Gasteiger partial charge is 0.444 e. The summed E-state index contributed by atoms with van der Waals surface area (Å²) in [6, 6.07) is 12.1. The van der Waals surface area contributed by atoms with E-state index in [1.807, 2.05) is 6.07 Å². The highest BCUT2D eigenvalue weighted by Crippen LogP contribution is 2.27. The first kappa shape index (κ1) is 23.0. The van der Waals surface area contributed by atoms with Crippen LogP contribution in [0.5, 0.6) is 0 Å². The summed E-state index contributed by atoms with van der Waals surface area (Å²) in [5.74, 6) is -0.638. The Morgan fingerprint density at radius 3 is 2.69 bits per heavy atom. The van der Waals surface area contributed by atoms with E-state index in [0.29, 0.717) is 30.0 Å². The topological polar surface area (TPSA) is 104 Å². The molecule has 32 heavy (non-hydrogen) atoms. The summed E-state index contributed by atoms with van der Waals surface area (Å²) in [6.07, 6.45) is -0.955. The van der Waals surface area contributed by atoms with Gasteiger partial charge in [0.2, 0.25) is 0 Å². The Balaban J connectivity index is 1.63. The number of rotatable bonds is 3. The van der Waals surface area contributed by atoms with Gasteiger partial charge in [0, 0.05) is 12.2 Å². The number of halogens is 1. The number of nitriles is 1. The Hall–Kier alpha value is -3.64. The Kier molecular flexibility index (Phi) is 6.95. The molecule has 8 nitrogen and oxygen atoms in total. The SMILES string of the molecule is CC(C)(C)OC(=O)N1CCOC(c2ccc(NC(=O)Nc3cccc(C#N)c3)c(F)c2)C1. The molecule has 0 bridgehead atoms. The molecule has 0 saturated carbocycles. The molecule has 9 heteroatoms. The second kappa shape index (κ2) is 9.66. The van der Waals surface area contributed by atoms with Gasteiger partial charge < -0.3 is 25.0 Å². The van der Waals surface area contributed by atoms with Crippen molar-refractivity contribution in [1.29, 1.82) is 5.26 Å². The third-order valence-electron chi connectivity index (χ3n) is 4.58. The highest BCUT2D eigenvalue weighted by molar-refractivity contribution is 5.99. The molecule has 0 radical (unpaired) electrons. The Labute approximate surface area is 185 Å². The summed E-state index contributed by atoms with van der Waals surface area (Å²) in [5, 5.41) is 13.9. The number of urea groups is 1. The molecule has 0 aromatic heterocycles. The highest BCUT2D eigenvalue weighted by Gasteiger charge is 2.29. The van der Waals surface area contributed by atoms with Crippen LogP contribution in [-0.4, -0.2) is 42.3 Å². The number of hydrogen-bond acceptors (Lipinski definition) is 5. The number of carbonyl (C=O) groups excluding carboxylic acids is 2. The van der Waals surface area contributed by atoms with Gasteiger partial charge in [-0.3, -0.25) is 0 Å². The molecular weight excluding hydrogens is 415 g/mol. The number of carbonyl (C=O) groups is 2. The maximum absolute atomic E-state index is 14.7. The zero-order chi connectivity index (χ0) is 23.3. The maximum atomic E-state index is 14.7. The average molecular weight is 440 g/mol. The van der Waals surface area contributed by atoms with Crippen molar-refractivity contribution in [3.05, 3.63) is 59.4 Å². The summed E-state index contributed by atoms with van der Waals surface area (Å²) in [6.45, 7) is 6.30. The number of amides is 3. The highest BCUT2D eigenvalue weighted by atomic mass is 19.1. The summed E-state index contributed by atoms with van der Waals surface area (Å²) >= 11 is 0. The molecule has 1 unspecified atom stereocenters. The van der Waals surface area contributed by atoms with E-state index in [1.165, 1.54) is 23.1 Å². The van der Waals surface area contributed by atoms with E-state index >= 15 is 0 Å². The fourth-order valence-corrected chi connectivity index (χ4v) is 3.13. The van der Waals surface area contributed by atoms with E-state index < -0.39 is 29.6 Å². The van der Waals surface area contributed by atoms with Crippen molar-refractivity contribution in [3.8, 4) is 6.07 Å². The maximum Gasteiger partial charge on any atom is 0.410 e. The van der Waals surface area contributed by atoms with Crippen LogP contribution in [0.15, 0.2) is 42.5 Å². The lowest BCUT2D eigenvalue weighted by atomic mass is 10.1. The van der Waals surface area contributed by atoms with Gasteiger partial charge in [-0.2, -0.15) is 5.26 Å². The zero-order valence-corrected chi connectivity index (χ0v) is 18.1. The van der Waals surface area contributed by atoms with Crippen LogP contribution >= 0.6 is 0 Å². The molecular formula is C23H25FN4O4. The Morgan fingerprint density at radius 2 is 2.00 bits per heavy atom. The number of ether oxygens (including phenoxy) is 2. The molecule has 1 aliphatic heterocycles. The summed E-state index contributed by atoms with van der Waals surface area (Å²) in [5.41, 5.74) is 0.731. The lowest BCUT2D eigenvalue weighted by Gasteiger charge is -2.34. The molecule has 1 saturated heterocycles. The molecule has 168 valence electrons. The molecule has 0 aliphatic carbocycles. The van der Waals surface area contributed by atoms with Crippen molar-refractivity contribution in [1.82, 2.24) is 4.90 Å². The summed E-state index contributed by atoms with van der Waals surface area (Å²) in [4.78, 5) is 26.1. The molecule has 1 atom stereocenters. The molecule has 0 spiro atoms. The summed E-state index contributed by atoms with van der Waals surface area (Å²) < 4.78 is 25.8. The van der Waals surface area contributed by atoms with Crippen molar-refractivity contribution in [2.75, 3.05) is 30.3 Å². The van der Waals surface area contributed by atoms with Gasteiger partial charge in [-0.05, 0) is 56.7 Å². The van der Waals surface area contributed by atoms with E-state index in [9.17, 15) is 14.0 Å². The van der Waals surface area contributed by atoms with Gasteiger partial charge in [0.15, 0.2) is 0 Å². The fraction of sp³-hybridized carbons (Fsp3) is 0.348. The van der Waals surface area contributed by atoms with Crippen molar-refractivity contribution >= 4 is 23.5 Å². The van der Waals surface area contributed by atoms with Crippen LogP contribution in [0.25, 0.3) is 0 Å². The van der Waals surface area contributed by atoms with Crippen LogP contribution in [0.3, 0.4) is 0 Å². The van der Waals surface area contributed by atoms with Crippen molar-refractivity contribution < 1.29 is 23.5 Å². The van der Waals surface area contributed by atoms with Gasteiger partial charge in [-0.15, -0.1) is 0 Å². The van der Waals surface area contributed by atoms with Gasteiger partial charge >= 0.3 is 12.1 Å². The average Bonchev–Trinajstić information content (AvgIpc) is 2.74. The van der Waals surface area contributed by atoms with Crippen LogP contribution in [0, 0.1) is 17.1 Å². The quantitative estimate of drug-likeness (QED) is 0.723. The van der Waals surface area contributed by atoms with Crippen LogP contribution in [0.4, 0.5) is 25.4 Å². The molecule has 2 aromatic carbocycles. The molecule has 3 amide bonds. The molecule has 1 heterocycles. The van der Waals surface area contributed by atoms with Crippen molar-refractivity contribution in [3.63, 3.8) is 0 Å². The monoisotopic (exact) mass is 440 g/mol. The normalized spacial score (nSPS) is 16.1. The predicted molar refractivity (Wildman–Crippen MR) is 117 cm³/mol. The van der Waals surface area contributed by atoms with Crippen molar-refractivity contribution in [2.45, 2.75) is 32.5 Å². The van der Waals surface area contributed by atoms with Gasteiger partial charge in [0.25, 0.3) is 0 Å². The second-order valence-electron chi connectivity index (χ2n) is 8.30. The lowest BCUT2D eigenvalue weighted by Crippen LogP contribution is -2.44. The van der Waals surface area contributed by atoms with Gasteiger partial charge in [0.1, 0.15) is 17.5 Å². The first-order valence-electron chi connectivity index (χ1n) is 10.1. The first-order valence-corrected chi connectivity index (χ1v) is 10.1. The number of anilines is 2. The van der Waals surface area contributed by atoms with Crippen LogP contribution < -0.4 is 10.6 Å². The Morgan fingerprint density at radius 1 is 1.22 bits per heavy atom. The number of benzene rings is 2. The minimum atomic E-state index is -0.642. The molecule has 1 fully saturated rings. The second-order valence-corrected chi connectivity index (χ2v) is 8.30. The number of morpholine rings is 1. The standard InChI is InChI=1S/C23H25FN4O4/c1-23(2,3)32-22(30)28-9-10-31-20(14-28)16-7-8-19(18(24)12-16)27-21(29)26-17-6-4-5-15(11-17)13-25/h4-8,11-12,20H,9-10,14H2,1-3H3,(H2,26,27,29). The molecule has 3 rings (SSSR count). The number of nitrogens with one attached hydrogen (secondary N) is 2. The molecule has 2 aromatic rings. The van der Waals surface area contributed by atoms with E-state index in [0.717, 1.165) is 0 Å². The third-order valence-corrected chi connectivity index (χ3v) is 4.58. The number of hydrogen-bond donors (Lipinski definition) is 2. The van der Waals surface area contributed by atoms with E-state index in [2.05, 4.69) is 10.6 Å². The van der Waals surface area contributed by atoms with E-state index in [1.54, 1.807) is 45.0 Å². The van der Waals surface area contributed by atoms with Crippen LogP contribution in [0.2, 0.25) is 0 Å². The first-order chi connectivity index (χ1) is 15.1. The number of nitrogens with zero attached hydrogens (tertiary/aromatic N) is 2. The third kappa shape index (κ3) is 6.18. The fourth-order valence-electron chi connectivity index (χ4n) is 3.13. The van der Waals surface area contributed by atoms with Crippen LogP contribution in [0.1, 0.15) is 38.0 Å².